The number of nitrogens with zero attached hydrogens (tertiary/aromatic N) is 2. The number of aryl methyl sites for hydroxylation is 2. The van der Waals surface area contributed by atoms with E-state index in [9.17, 15) is 0 Å². The molecule has 1 saturated carbocycles. The SMILES string of the molecule is Cc1cc(C)n(CC2(CS)CCCCC2)n1. The molecule has 0 radical (unpaired) electrons. The van der Waals surface area contributed by atoms with Gasteiger partial charge < -0.3 is 0 Å². The van der Waals surface area contributed by atoms with Gasteiger partial charge in [-0.15, -0.1) is 0 Å². The predicted octanol–water partition coefficient (Wildman–Crippen LogP) is 3.38. The normalized spacial score (nSPS) is 19.9. The molecule has 0 spiro atoms. The summed E-state index contributed by atoms with van der Waals surface area (Å²) in [6, 6.07) is 2.16. The van der Waals surface area contributed by atoms with Gasteiger partial charge in [-0.2, -0.15) is 17.7 Å². The predicted molar refractivity (Wildman–Crippen MR) is 71.1 cm³/mol. The lowest BCUT2D eigenvalue weighted by molar-refractivity contribution is 0.181. The van der Waals surface area contributed by atoms with Crippen LogP contribution >= 0.6 is 12.6 Å². The molecule has 0 amide bonds. The van der Waals surface area contributed by atoms with Crippen LogP contribution in [0.2, 0.25) is 0 Å². The van der Waals surface area contributed by atoms with E-state index >= 15 is 0 Å². The maximum Gasteiger partial charge on any atom is 0.0596 e. The summed E-state index contributed by atoms with van der Waals surface area (Å²) < 4.78 is 2.18. The molecule has 0 saturated heterocycles. The molecule has 2 rings (SSSR count). The third kappa shape index (κ3) is 2.45. The average molecular weight is 238 g/mol. The minimum atomic E-state index is 0.393. The molecule has 3 heteroatoms. The Morgan fingerprint density at radius 3 is 2.50 bits per heavy atom. The molecule has 90 valence electrons. The van der Waals surface area contributed by atoms with Crippen LogP contribution in [0.25, 0.3) is 0 Å². The summed E-state index contributed by atoms with van der Waals surface area (Å²) in [4.78, 5) is 0. The quantitative estimate of drug-likeness (QED) is 0.799. The van der Waals surface area contributed by atoms with Crippen LogP contribution in [0.5, 0.6) is 0 Å². The van der Waals surface area contributed by atoms with Crippen LogP contribution in [-0.4, -0.2) is 15.5 Å². The third-order valence-corrected chi connectivity index (χ3v) is 4.51. The molecule has 1 aliphatic carbocycles. The van der Waals surface area contributed by atoms with Gasteiger partial charge in [0.2, 0.25) is 0 Å². The van der Waals surface area contributed by atoms with Crippen LogP contribution in [0, 0.1) is 19.3 Å². The van der Waals surface area contributed by atoms with Crippen LogP contribution < -0.4 is 0 Å². The van der Waals surface area contributed by atoms with Crippen molar-refractivity contribution in [2.24, 2.45) is 5.41 Å². The number of hydrogen-bond donors (Lipinski definition) is 1. The van der Waals surface area contributed by atoms with Crippen LogP contribution in [0.4, 0.5) is 0 Å². The standard InChI is InChI=1S/C13H22N2S/c1-11-8-12(2)15(14-11)9-13(10-16)6-4-3-5-7-13/h8,16H,3-7,9-10H2,1-2H3. The van der Waals surface area contributed by atoms with Crippen molar-refractivity contribution >= 4 is 12.6 Å². The highest BCUT2D eigenvalue weighted by Gasteiger charge is 2.31. The van der Waals surface area contributed by atoms with Crippen molar-refractivity contribution in [2.75, 3.05) is 5.75 Å². The molecule has 1 aliphatic rings. The Labute approximate surface area is 104 Å². The Balaban J connectivity index is 2.14. The zero-order chi connectivity index (χ0) is 11.6. The molecule has 1 aromatic rings. The zero-order valence-corrected chi connectivity index (χ0v) is 11.3. The Hall–Kier alpha value is -0.440. The van der Waals surface area contributed by atoms with E-state index in [0.717, 1.165) is 18.0 Å². The fourth-order valence-corrected chi connectivity index (χ4v) is 3.24. The Kier molecular flexibility index (Phi) is 3.63. The molecule has 16 heavy (non-hydrogen) atoms. The van der Waals surface area contributed by atoms with Crippen molar-refractivity contribution in [3.8, 4) is 0 Å². The second-order valence-electron chi connectivity index (χ2n) is 5.30. The fourth-order valence-electron chi connectivity index (χ4n) is 2.82. The van der Waals surface area contributed by atoms with Gasteiger partial charge in [0, 0.05) is 12.2 Å². The van der Waals surface area contributed by atoms with E-state index in [4.69, 9.17) is 0 Å². The minimum Gasteiger partial charge on any atom is -0.269 e. The number of thiol groups is 1. The van der Waals surface area contributed by atoms with Gasteiger partial charge in [-0.25, -0.2) is 0 Å². The Bertz CT molecular complexity index is 351. The van der Waals surface area contributed by atoms with Gasteiger partial charge in [0.05, 0.1) is 5.69 Å². The number of hydrogen-bond acceptors (Lipinski definition) is 2. The van der Waals surface area contributed by atoms with Crippen LogP contribution in [0.15, 0.2) is 6.07 Å². The molecule has 1 aromatic heterocycles. The first-order valence-corrected chi connectivity index (χ1v) is 6.90. The van der Waals surface area contributed by atoms with Crippen molar-refractivity contribution in [3.63, 3.8) is 0 Å². The number of aromatic nitrogens is 2. The summed E-state index contributed by atoms with van der Waals surface area (Å²) in [5, 5.41) is 4.58. The van der Waals surface area contributed by atoms with E-state index in [2.05, 4.69) is 42.3 Å². The highest BCUT2D eigenvalue weighted by molar-refractivity contribution is 7.80. The molecule has 0 aromatic carbocycles. The van der Waals surface area contributed by atoms with Gasteiger partial charge >= 0.3 is 0 Å². The lowest BCUT2D eigenvalue weighted by atomic mass is 9.75. The average Bonchev–Trinajstić information content (AvgIpc) is 2.59. The van der Waals surface area contributed by atoms with Gasteiger partial charge in [-0.3, -0.25) is 4.68 Å². The molecular weight excluding hydrogens is 216 g/mol. The molecule has 0 bridgehead atoms. The molecule has 0 aliphatic heterocycles. The Morgan fingerprint density at radius 1 is 1.31 bits per heavy atom. The zero-order valence-electron chi connectivity index (χ0n) is 10.4. The lowest BCUT2D eigenvalue weighted by Crippen LogP contribution is -2.32. The van der Waals surface area contributed by atoms with Crippen LogP contribution in [0.1, 0.15) is 43.5 Å². The van der Waals surface area contributed by atoms with Crippen LogP contribution in [-0.2, 0) is 6.54 Å². The van der Waals surface area contributed by atoms with E-state index in [1.807, 2.05) is 0 Å². The number of rotatable bonds is 3. The van der Waals surface area contributed by atoms with E-state index in [1.54, 1.807) is 0 Å². The molecule has 0 atom stereocenters. The van der Waals surface area contributed by atoms with E-state index < -0.39 is 0 Å². The van der Waals surface area contributed by atoms with Crippen molar-refractivity contribution in [2.45, 2.75) is 52.5 Å². The van der Waals surface area contributed by atoms with Crippen LogP contribution in [0.3, 0.4) is 0 Å². The topological polar surface area (TPSA) is 17.8 Å². The maximum atomic E-state index is 4.58. The molecular formula is C13H22N2S. The van der Waals surface area contributed by atoms with Gasteiger partial charge in [0.15, 0.2) is 0 Å². The molecule has 1 fully saturated rings. The first kappa shape index (κ1) is 12.0. The molecule has 2 nitrogen and oxygen atoms in total. The lowest BCUT2D eigenvalue weighted by Gasteiger charge is -2.36. The summed E-state index contributed by atoms with van der Waals surface area (Å²) >= 11 is 4.58. The smallest absolute Gasteiger partial charge is 0.0596 e. The van der Waals surface area contributed by atoms with Gasteiger partial charge in [-0.1, -0.05) is 19.3 Å². The second kappa shape index (κ2) is 4.82. The first-order valence-electron chi connectivity index (χ1n) is 6.27. The summed E-state index contributed by atoms with van der Waals surface area (Å²) in [5.74, 6) is 0.991. The Morgan fingerprint density at radius 2 is 2.00 bits per heavy atom. The molecule has 1 heterocycles. The van der Waals surface area contributed by atoms with E-state index in [-0.39, 0.29) is 0 Å². The maximum absolute atomic E-state index is 4.58. The van der Waals surface area contributed by atoms with Crippen molar-refractivity contribution < 1.29 is 0 Å². The largest absolute Gasteiger partial charge is 0.269 e. The monoisotopic (exact) mass is 238 g/mol. The summed E-state index contributed by atoms with van der Waals surface area (Å²) in [7, 11) is 0. The third-order valence-electron chi connectivity index (χ3n) is 3.84. The van der Waals surface area contributed by atoms with Crippen molar-refractivity contribution in [3.05, 3.63) is 17.5 Å². The highest BCUT2D eigenvalue weighted by atomic mass is 32.1. The van der Waals surface area contributed by atoms with E-state index in [1.165, 1.54) is 37.8 Å². The van der Waals surface area contributed by atoms with Crippen molar-refractivity contribution in [1.82, 2.24) is 9.78 Å². The van der Waals surface area contributed by atoms with Gasteiger partial charge in [-0.05, 0) is 43.9 Å². The second-order valence-corrected chi connectivity index (χ2v) is 5.62. The van der Waals surface area contributed by atoms with Crippen molar-refractivity contribution in [1.29, 1.82) is 0 Å². The van der Waals surface area contributed by atoms with Gasteiger partial charge in [0.1, 0.15) is 0 Å². The fraction of sp³-hybridized carbons (Fsp3) is 0.769. The summed E-state index contributed by atoms with van der Waals surface area (Å²) in [6.45, 7) is 5.27. The van der Waals surface area contributed by atoms with Gasteiger partial charge in [0.25, 0.3) is 0 Å². The van der Waals surface area contributed by atoms with E-state index in [0.29, 0.717) is 5.41 Å². The highest BCUT2D eigenvalue weighted by Crippen LogP contribution is 2.38. The minimum absolute atomic E-state index is 0.393. The summed E-state index contributed by atoms with van der Waals surface area (Å²) in [5.41, 5.74) is 2.80. The molecule has 0 N–H and O–H groups in total. The summed E-state index contributed by atoms with van der Waals surface area (Å²) in [6.07, 6.45) is 6.75. The first-order chi connectivity index (χ1) is 7.65. The molecule has 0 unspecified atom stereocenters.